The molecule has 3 aromatic carbocycles. The zero-order chi connectivity index (χ0) is 21.3. The van der Waals surface area contributed by atoms with Crippen LogP contribution < -0.4 is 14.2 Å². The molecule has 0 unspecified atom stereocenters. The van der Waals surface area contributed by atoms with Crippen molar-refractivity contribution in [3.63, 3.8) is 0 Å². The van der Waals surface area contributed by atoms with Gasteiger partial charge in [-0.3, -0.25) is 4.79 Å². The normalized spacial score (nSPS) is 10.2. The van der Waals surface area contributed by atoms with Gasteiger partial charge >= 0.3 is 5.97 Å². The fourth-order valence-electron chi connectivity index (χ4n) is 2.88. The molecule has 3 rings (SSSR count). The Balaban J connectivity index is 1.58. The molecule has 3 aromatic rings. The van der Waals surface area contributed by atoms with Gasteiger partial charge in [-0.15, -0.1) is 0 Å². The molecule has 0 bridgehead atoms. The highest BCUT2D eigenvalue weighted by atomic mass is 16.6. The first-order chi connectivity index (χ1) is 14.6. The van der Waals surface area contributed by atoms with Crippen LogP contribution in [0.25, 0.3) is 11.1 Å². The molecule has 0 spiro atoms. The summed E-state index contributed by atoms with van der Waals surface area (Å²) in [4.78, 5) is 24.5. The molecule has 0 N–H and O–H groups in total. The fourth-order valence-corrected chi connectivity index (χ4v) is 2.88. The van der Waals surface area contributed by atoms with Gasteiger partial charge in [-0.05, 0) is 23.8 Å². The number of esters is 1. The molecule has 154 valence electrons. The fraction of sp³-hybridized carbons (Fsp3) is 0.167. The topological polar surface area (TPSA) is 71.1 Å². The van der Waals surface area contributed by atoms with E-state index in [9.17, 15) is 9.59 Å². The highest BCUT2D eigenvalue weighted by Crippen LogP contribution is 2.29. The second-order valence-corrected chi connectivity index (χ2v) is 6.30. The lowest BCUT2D eigenvalue weighted by molar-refractivity contribution is -0.144. The Bertz CT molecular complexity index is 1010. The molecule has 0 amide bonds. The number of rotatable bonds is 9. The number of carbonyl (C=O) groups is 2. The van der Waals surface area contributed by atoms with Gasteiger partial charge in [0.1, 0.15) is 17.2 Å². The van der Waals surface area contributed by atoms with Gasteiger partial charge in [-0.2, -0.15) is 0 Å². The van der Waals surface area contributed by atoms with E-state index < -0.39 is 12.6 Å². The van der Waals surface area contributed by atoms with Crippen molar-refractivity contribution in [2.45, 2.75) is 0 Å². The average Bonchev–Trinajstić information content (AvgIpc) is 2.81. The van der Waals surface area contributed by atoms with Crippen LogP contribution in [0.4, 0.5) is 0 Å². The maximum absolute atomic E-state index is 12.4. The molecule has 0 aliphatic heterocycles. The van der Waals surface area contributed by atoms with Crippen molar-refractivity contribution in [1.29, 1.82) is 0 Å². The second-order valence-electron chi connectivity index (χ2n) is 6.30. The second kappa shape index (κ2) is 10.1. The number of ketones is 1. The van der Waals surface area contributed by atoms with E-state index in [2.05, 4.69) is 0 Å². The summed E-state index contributed by atoms with van der Waals surface area (Å²) in [5.74, 6) is 0.448. The van der Waals surface area contributed by atoms with E-state index in [0.717, 1.165) is 11.1 Å². The van der Waals surface area contributed by atoms with Gasteiger partial charge in [0.05, 0.1) is 19.8 Å². The van der Waals surface area contributed by atoms with Crippen LogP contribution in [0.15, 0.2) is 72.8 Å². The van der Waals surface area contributed by atoms with Crippen LogP contribution >= 0.6 is 0 Å². The number of ether oxygens (including phenoxy) is 4. The Labute approximate surface area is 175 Å². The SMILES string of the molecule is COc1ccc(C(=O)COC(=O)COc2ccccc2-c2ccccc2)c(OC)c1. The van der Waals surface area contributed by atoms with Gasteiger partial charge in [-0.1, -0.05) is 48.5 Å². The predicted octanol–water partition coefficient (Wildman–Crippen LogP) is 4.18. The summed E-state index contributed by atoms with van der Waals surface area (Å²) in [7, 11) is 2.98. The zero-order valence-electron chi connectivity index (χ0n) is 16.8. The van der Waals surface area contributed by atoms with Crippen molar-refractivity contribution in [2.75, 3.05) is 27.4 Å². The lowest BCUT2D eigenvalue weighted by Gasteiger charge is -2.12. The lowest BCUT2D eigenvalue weighted by atomic mass is 10.1. The third-order valence-corrected chi connectivity index (χ3v) is 4.39. The molecule has 0 aliphatic carbocycles. The molecule has 0 aromatic heterocycles. The Morgan fingerprint density at radius 1 is 0.767 bits per heavy atom. The van der Waals surface area contributed by atoms with Crippen LogP contribution in [0.2, 0.25) is 0 Å². The van der Waals surface area contributed by atoms with E-state index in [-0.39, 0.29) is 12.4 Å². The van der Waals surface area contributed by atoms with E-state index >= 15 is 0 Å². The number of hydrogen-bond acceptors (Lipinski definition) is 6. The summed E-state index contributed by atoms with van der Waals surface area (Å²) in [6.07, 6.45) is 0. The summed E-state index contributed by atoms with van der Waals surface area (Å²) in [6, 6.07) is 21.9. The van der Waals surface area contributed by atoms with Gasteiger partial charge in [0, 0.05) is 11.6 Å². The molecular weight excluding hydrogens is 384 g/mol. The smallest absolute Gasteiger partial charge is 0.344 e. The summed E-state index contributed by atoms with van der Waals surface area (Å²) in [5.41, 5.74) is 2.15. The van der Waals surface area contributed by atoms with Crippen molar-refractivity contribution in [1.82, 2.24) is 0 Å². The van der Waals surface area contributed by atoms with E-state index in [1.165, 1.54) is 14.2 Å². The molecule has 0 saturated heterocycles. The molecule has 0 radical (unpaired) electrons. The summed E-state index contributed by atoms with van der Waals surface area (Å²) in [5, 5.41) is 0. The number of methoxy groups -OCH3 is 2. The van der Waals surface area contributed by atoms with Gasteiger partial charge in [-0.25, -0.2) is 4.79 Å². The van der Waals surface area contributed by atoms with Gasteiger partial charge < -0.3 is 18.9 Å². The largest absolute Gasteiger partial charge is 0.497 e. The van der Waals surface area contributed by atoms with Crippen molar-refractivity contribution in [3.8, 4) is 28.4 Å². The molecule has 30 heavy (non-hydrogen) atoms. The molecule has 0 saturated carbocycles. The minimum atomic E-state index is -0.640. The lowest BCUT2D eigenvalue weighted by Crippen LogP contribution is -2.20. The Morgan fingerprint density at radius 3 is 2.23 bits per heavy atom. The van der Waals surface area contributed by atoms with Crippen LogP contribution in [0.3, 0.4) is 0 Å². The highest BCUT2D eigenvalue weighted by Gasteiger charge is 2.16. The molecule has 6 nitrogen and oxygen atoms in total. The van der Waals surface area contributed by atoms with Crippen LogP contribution in [0.1, 0.15) is 10.4 Å². The van der Waals surface area contributed by atoms with Crippen molar-refractivity contribution < 1.29 is 28.5 Å². The third-order valence-electron chi connectivity index (χ3n) is 4.39. The van der Waals surface area contributed by atoms with E-state index in [0.29, 0.717) is 22.8 Å². The average molecular weight is 406 g/mol. The number of hydrogen-bond donors (Lipinski definition) is 0. The van der Waals surface area contributed by atoms with E-state index in [4.69, 9.17) is 18.9 Å². The highest BCUT2D eigenvalue weighted by molar-refractivity contribution is 6.00. The van der Waals surface area contributed by atoms with E-state index in [1.807, 2.05) is 48.5 Å². The minimum Gasteiger partial charge on any atom is -0.497 e. The number of benzene rings is 3. The molecule has 0 aliphatic rings. The van der Waals surface area contributed by atoms with Crippen LogP contribution in [0, 0.1) is 0 Å². The Morgan fingerprint density at radius 2 is 1.50 bits per heavy atom. The summed E-state index contributed by atoms with van der Waals surface area (Å²) < 4.78 is 21.0. The summed E-state index contributed by atoms with van der Waals surface area (Å²) >= 11 is 0. The molecule has 0 fully saturated rings. The quantitative estimate of drug-likeness (QED) is 0.392. The van der Waals surface area contributed by atoms with Crippen LogP contribution in [0.5, 0.6) is 17.2 Å². The minimum absolute atomic E-state index is 0.307. The maximum Gasteiger partial charge on any atom is 0.344 e. The first-order valence-corrected chi connectivity index (χ1v) is 9.30. The zero-order valence-corrected chi connectivity index (χ0v) is 16.8. The Kier molecular flexibility index (Phi) is 7.05. The molecule has 6 heteroatoms. The number of carbonyl (C=O) groups excluding carboxylic acids is 2. The van der Waals surface area contributed by atoms with Crippen molar-refractivity contribution >= 4 is 11.8 Å². The van der Waals surface area contributed by atoms with Gasteiger partial charge in [0.15, 0.2) is 13.2 Å². The van der Waals surface area contributed by atoms with Crippen molar-refractivity contribution in [2.24, 2.45) is 0 Å². The van der Waals surface area contributed by atoms with E-state index in [1.54, 1.807) is 24.3 Å². The molecule has 0 heterocycles. The first kappa shape index (κ1) is 20.9. The predicted molar refractivity (Wildman–Crippen MR) is 112 cm³/mol. The number of para-hydroxylation sites is 1. The molecule has 0 atom stereocenters. The first-order valence-electron chi connectivity index (χ1n) is 9.30. The van der Waals surface area contributed by atoms with Crippen molar-refractivity contribution in [3.05, 3.63) is 78.4 Å². The van der Waals surface area contributed by atoms with Crippen LogP contribution in [-0.2, 0) is 9.53 Å². The maximum atomic E-state index is 12.4. The van der Waals surface area contributed by atoms with Gasteiger partial charge in [0.25, 0.3) is 0 Å². The number of Topliss-reactive ketones (excluding diaryl/α,β-unsaturated/α-hetero) is 1. The van der Waals surface area contributed by atoms with Gasteiger partial charge in [0.2, 0.25) is 5.78 Å². The monoisotopic (exact) mass is 406 g/mol. The Hall–Kier alpha value is -3.80. The van der Waals surface area contributed by atoms with Crippen LogP contribution in [-0.4, -0.2) is 39.2 Å². The molecular formula is C24H22O6. The third kappa shape index (κ3) is 5.17. The standard InChI is InChI=1S/C24H22O6/c1-27-18-12-13-20(23(14-18)28-2)21(25)15-30-24(26)16-29-22-11-7-6-10-19(22)17-8-4-3-5-9-17/h3-14H,15-16H2,1-2H3. The summed E-state index contributed by atoms with van der Waals surface area (Å²) in [6.45, 7) is -0.720.